The third-order valence-corrected chi connectivity index (χ3v) is 5.16. The Morgan fingerprint density at radius 3 is 2.45 bits per heavy atom. The number of hydrogen-bond donors (Lipinski definition) is 0. The lowest BCUT2D eigenvalue weighted by Crippen LogP contribution is -2.11. The number of carbonyl (C=O) groups excluding carboxylic acids is 1. The van der Waals surface area contributed by atoms with E-state index >= 15 is 0 Å². The molecule has 0 aliphatic heterocycles. The number of aryl methyl sites for hydroxylation is 1. The first-order chi connectivity index (χ1) is 14.9. The van der Waals surface area contributed by atoms with E-state index in [0.29, 0.717) is 34.9 Å². The van der Waals surface area contributed by atoms with Gasteiger partial charge in [-0.05, 0) is 48.9 Å². The molecule has 31 heavy (non-hydrogen) atoms. The number of furan rings is 1. The topological polar surface area (TPSA) is 57.3 Å². The molecule has 0 bridgehead atoms. The molecule has 1 aliphatic rings. The number of esters is 1. The minimum Gasteiger partial charge on any atom is -0.469 e. The van der Waals surface area contributed by atoms with Crippen LogP contribution in [0.1, 0.15) is 27.4 Å². The zero-order valence-corrected chi connectivity index (χ0v) is 16.0. The zero-order valence-electron chi connectivity index (χ0n) is 16.0. The number of ether oxygens (including phenoxy) is 1. The minimum atomic E-state index is -4.57. The Morgan fingerprint density at radius 1 is 1.00 bits per heavy atom. The quantitative estimate of drug-likeness (QED) is 0.323. The summed E-state index contributed by atoms with van der Waals surface area (Å²) in [4.78, 5) is 12.4. The number of benzene rings is 2. The molecule has 0 atom stereocenters. The predicted molar refractivity (Wildman–Crippen MR) is 105 cm³/mol. The molecule has 4 aromatic rings. The van der Waals surface area contributed by atoms with Gasteiger partial charge >= 0.3 is 12.1 Å². The maximum Gasteiger partial charge on any atom is 0.435 e. The van der Waals surface area contributed by atoms with Crippen molar-refractivity contribution in [1.82, 2.24) is 9.78 Å². The fraction of sp³-hybridized carbons (Fsp3) is 0.130. The fourth-order valence-electron chi connectivity index (χ4n) is 3.76. The Morgan fingerprint density at radius 2 is 1.74 bits per heavy atom. The molecule has 8 heteroatoms. The van der Waals surface area contributed by atoms with Crippen LogP contribution in [0.25, 0.3) is 16.9 Å². The number of para-hydroxylation sites is 1. The molecule has 0 unspecified atom stereocenters. The molecule has 5 rings (SSSR count). The van der Waals surface area contributed by atoms with Crippen LogP contribution in [-0.4, -0.2) is 15.7 Å². The number of rotatable bonds is 3. The van der Waals surface area contributed by atoms with E-state index in [0.717, 1.165) is 0 Å². The van der Waals surface area contributed by atoms with E-state index in [9.17, 15) is 18.0 Å². The van der Waals surface area contributed by atoms with Crippen molar-refractivity contribution in [3.63, 3.8) is 0 Å². The lowest BCUT2D eigenvalue weighted by molar-refractivity contribution is -0.142. The van der Waals surface area contributed by atoms with Crippen LogP contribution in [0.5, 0.6) is 5.75 Å². The summed E-state index contributed by atoms with van der Waals surface area (Å²) in [6, 6.07) is 16.3. The smallest absolute Gasteiger partial charge is 0.435 e. The second-order valence-electron chi connectivity index (χ2n) is 7.09. The molecule has 0 saturated heterocycles. The molecule has 5 nitrogen and oxygen atoms in total. The van der Waals surface area contributed by atoms with Gasteiger partial charge in [-0.1, -0.05) is 18.2 Å². The van der Waals surface area contributed by atoms with E-state index in [1.165, 1.54) is 23.1 Å². The van der Waals surface area contributed by atoms with Crippen LogP contribution in [0.4, 0.5) is 13.2 Å². The van der Waals surface area contributed by atoms with Crippen molar-refractivity contribution in [3.8, 4) is 22.7 Å². The lowest BCUT2D eigenvalue weighted by Gasteiger charge is -2.15. The fourth-order valence-corrected chi connectivity index (χ4v) is 3.76. The third-order valence-electron chi connectivity index (χ3n) is 5.16. The largest absolute Gasteiger partial charge is 0.469 e. The molecular weight excluding hydrogens is 409 g/mol. The van der Waals surface area contributed by atoms with Gasteiger partial charge in [0.1, 0.15) is 11.5 Å². The van der Waals surface area contributed by atoms with E-state index in [4.69, 9.17) is 9.15 Å². The summed E-state index contributed by atoms with van der Waals surface area (Å²) in [5.41, 5.74) is 0.875. The van der Waals surface area contributed by atoms with Crippen molar-refractivity contribution < 1.29 is 27.1 Å². The highest BCUT2D eigenvalue weighted by Gasteiger charge is 2.41. The maximum absolute atomic E-state index is 13.6. The van der Waals surface area contributed by atoms with Gasteiger partial charge in [0.15, 0.2) is 5.69 Å². The molecule has 2 aromatic carbocycles. The Labute approximate surface area is 174 Å². The van der Waals surface area contributed by atoms with E-state index in [-0.39, 0.29) is 17.5 Å². The number of aromatic nitrogens is 2. The number of hydrogen-bond acceptors (Lipinski definition) is 4. The molecule has 0 N–H and O–H groups in total. The van der Waals surface area contributed by atoms with Crippen LogP contribution in [0.2, 0.25) is 0 Å². The number of nitrogens with zero attached hydrogens (tertiary/aromatic N) is 2. The van der Waals surface area contributed by atoms with E-state index in [2.05, 4.69) is 5.10 Å². The van der Waals surface area contributed by atoms with Crippen molar-refractivity contribution in [3.05, 3.63) is 89.5 Å². The van der Waals surface area contributed by atoms with Crippen molar-refractivity contribution in [2.75, 3.05) is 0 Å². The van der Waals surface area contributed by atoms with E-state index in [1.54, 1.807) is 48.5 Å². The third kappa shape index (κ3) is 3.39. The molecule has 1 aliphatic carbocycles. The van der Waals surface area contributed by atoms with Crippen molar-refractivity contribution in [1.29, 1.82) is 0 Å². The van der Waals surface area contributed by atoms with Crippen molar-refractivity contribution >= 4 is 5.97 Å². The average molecular weight is 424 g/mol. The van der Waals surface area contributed by atoms with Gasteiger partial charge in [0.2, 0.25) is 0 Å². The Bertz CT molecular complexity index is 1260. The SMILES string of the molecule is O=C(Oc1ccccc1)c1ccc(-n2nc(C(F)(F)F)c3c2-c2ccoc2CC3)cc1. The number of halogens is 3. The Kier molecular flexibility index (Phi) is 4.43. The molecular formula is C23H15F3N2O3. The minimum absolute atomic E-state index is 0.147. The lowest BCUT2D eigenvalue weighted by atomic mass is 9.94. The molecule has 0 spiro atoms. The van der Waals surface area contributed by atoms with E-state index < -0.39 is 17.8 Å². The highest BCUT2D eigenvalue weighted by molar-refractivity contribution is 5.91. The molecule has 0 fully saturated rings. The summed E-state index contributed by atoms with van der Waals surface area (Å²) >= 11 is 0. The van der Waals surface area contributed by atoms with Crippen molar-refractivity contribution in [2.45, 2.75) is 19.0 Å². The number of carbonyl (C=O) groups is 1. The van der Waals surface area contributed by atoms with Crippen LogP contribution in [-0.2, 0) is 19.0 Å². The van der Waals surface area contributed by atoms with Gasteiger partial charge in [0.25, 0.3) is 0 Å². The highest BCUT2D eigenvalue weighted by atomic mass is 19.4. The molecule has 0 saturated carbocycles. The van der Waals surface area contributed by atoms with Crippen molar-refractivity contribution in [2.24, 2.45) is 0 Å². The van der Waals surface area contributed by atoms with Gasteiger partial charge in [-0.2, -0.15) is 18.3 Å². The van der Waals surface area contributed by atoms with E-state index in [1.807, 2.05) is 0 Å². The van der Waals surface area contributed by atoms with Gasteiger partial charge in [-0.15, -0.1) is 0 Å². The summed E-state index contributed by atoms with van der Waals surface area (Å²) in [6.45, 7) is 0. The van der Waals surface area contributed by atoms with Gasteiger partial charge in [0, 0.05) is 17.5 Å². The Balaban J connectivity index is 1.53. The first-order valence-electron chi connectivity index (χ1n) is 9.55. The van der Waals surface area contributed by atoms with Crippen LogP contribution in [0, 0.1) is 0 Å². The summed E-state index contributed by atoms with van der Waals surface area (Å²) < 4.78 is 52.9. The van der Waals surface area contributed by atoms with Crippen LogP contribution in [0.3, 0.4) is 0 Å². The molecule has 0 radical (unpaired) electrons. The molecule has 2 heterocycles. The standard InChI is InChI=1S/C23H15F3N2O3/c24-23(25,26)21-18-10-11-19-17(12-13-30-19)20(18)28(27-21)15-8-6-14(7-9-15)22(29)31-16-4-2-1-3-5-16/h1-9,12-13H,10-11H2. The molecule has 156 valence electrons. The van der Waals surface area contributed by atoms with Crippen LogP contribution in [0.15, 0.2) is 71.3 Å². The number of alkyl halides is 3. The highest BCUT2D eigenvalue weighted by Crippen LogP contribution is 2.42. The zero-order chi connectivity index (χ0) is 21.6. The molecule has 0 amide bonds. The second-order valence-corrected chi connectivity index (χ2v) is 7.09. The van der Waals surface area contributed by atoms with Gasteiger partial charge in [0.05, 0.1) is 23.2 Å². The van der Waals surface area contributed by atoms with Crippen LogP contribution < -0.4 is 4.74 Å². The number of fused-ring (bicyclic) bond motifs is 3. The van der Waals surface area contributed by atoms with Gasteiger partial charge in [-0.3, -0.25) is 0 Å². The monoisotopic (exact) mass is 424 g/mol. The Hall–Kier alpha value is -3.81. The van der Waals surface area contributed by atoms with Gasteiger partial charge in [-0.25, -0.2) is 9.48 Å². The summed E-state index contributed by atoms with van der Waals surface area (Å²) in [5.74, 6) is 0.471. The maximum atomic E-state index is 13.6. The summed E-state index contributed by atoms with van der Waals surface area (Å²) in [5, 5.41) is 3.89. The summed E-state index contributed by atoms with van der Waals surface area (Å²) in [6.07, 6.45) is -2.54. The molecule has 2 aromatic heterocycles. The average Bonchev–Trinajstić information content (AvgIpc) is 3.38. The second kappa shape index (κ2) is 7.16. The summed E-state index contributed by atoms with van der Waals surface area (Å²) in [7, 11) is 0. The normalized spacial score (nSPS) is 12.9. The first kappa shape index (κ1) is 19.2. The first-order valence-corrected chi connectivity index (χ1v) is 9.55. The van der Waals surface area contributed by atoms with Gasteiger partial charge < -0.3 is 9.15 Å². The predicted octanol–water partition coefficient (Wildman–Crippen LogP) is 5.47. The van der Waals surface area contributed by atoms with Crippen LogP contribution >= 0.6 is 0 Å².